The molecule has 1 atom stereocenters. The number of hydrogen-bond acceptors (Lipinski definition) is 6. The average molecular weight is 918 g/mol. The second kappa shape index (κ2) is 54.8. The molecule has 0 aliphatic rings. The van der Waals surface area contributed by atoms with Crippen molar-refractivity contribution in [3.8, 4) is 0 Å². The number of rotatable bonds is 54. The third kappa shape index (κ3) is 53.0. The first-order chi connectivity index (χ1) is 32.0. The summed E-state index contributed by atoms with van der Waals surface area (Å²) in [5.74, 6) is -0.852. The quantitative estimate of drug-likeness (QED) is 0.0262. The van der Waals surface area contributed by atoms with Crippen LogP contribution in [0, 0.1) is 0 Å². The molecule has 0 saturated heterocycles. The average Bonchev–Trinajstić information content (AvgIpc) is 3.30. The van der Waals surface area contributed by atoms with Crippen LogP contribution in [0.4, 0.5) is 0 Å². The number of allylic oxidation sites excluding steroid dienone is 2. The lowest BCUT2D eigenvalue weighted by atomic mass is 10.0. The number of esters is 3. The summed E-state index contributed by atoms with van der Waals surface area (Å²) in [6, 6.07) is 0. The SMILES string of the molecule is CCCCCC/C=C\CCCCCCCC(=O)OC[C@H](COC(=O)CCCCCCCCCCCCCCCCCCCCCCC)OC(=O)CCCCCCCCCCCCCCC. The maximum absolute atomic E-state index is 12.8. The summed E-state index contributed by atoms with van der Waals surface area (Å²) in [7, 11) is 0. The number of carbonyl (C=O) groups excluding carboxylic acids is 3. The van der Waals surface area contributed by atoms with Crippen molar-refractivity contribution >= 4 is 17.9 Å². The minimum Gasteiger partial charge on any atom is -0.462 e. The summed E-state index contributed by atoms with van der Waals surface area (Å²) in [5.41, 5.74) is 0. The first-order valence-corrected chi connectivity index (χ1v) is 29.2. The van der Waals surface area contributed by atoms with E-state index in [2.05, 4.69) is 32.9 Å². The fourth-order valence-electron chi connectivity index (χ4n) is 8.85. The number of ether oxygens (including phenoxy) is 3. The van der Waals surface area contributed by atoms with Gasteiger partial charge in [-0.3, -0.25) is 14.4 Å². The Morgan fingerprint density at radius 3 is 0.785 bits per heavy atom. The lowest BCUT2D eigenvalue weighted by Gasteiger charge is -2.18. The van der Waals surface area contributed by atoms with Crippen molar-refractivity contribution in [2.24, 2.45) is 0 Å². The van der Waals surface area contributed by atoms with Crippen LogP contribution in [0.15, 0.2) is 12.2 Å². The molecule has 0 fully saturated rings. The summed E-state index contributed by atoms with van der Waals surface area (Å²) in [6.45, 7) is 6.67. The van der Waals surface area contributed by atoms with E-state index in [4.69, 9.17) is 14.2 Å². The first-order valence-electron chi connectivity index (χ1n) is 29.2. The van der Waals surface area contributed by atoms with Crippen LogP contribution in [-0.2, 0) is 28.6 Å². The summed E-state index contributed by atoms with van der Waals surface area (Å²) in [5, 5.41) is 0. The van der Waals surface area contributed by atoms with Gasteiger partial charge in [0, 0.05) is 19.3 Å². The van der Waals surface area contributed by atoms with Gasteiger partial charge in [0.2, 0.25) is 0 Å². The molecular weight excluding hydrogens is 805 g/mol. The van der Waals surface area contributed by atoms with Crippen molar-refractivity contribution in [2.45, 2.75) is 335 Å². The van der Waals surface area contributed by atoms with Crippen LogP contribution in [0.3, 0.4) is 0 Å². The van der Waals surface area contributed by atoms with Gasteiger partial charge in [-0.25, -0.2) is 0 Å². The lowest BCUT2D eigenvalue weighted by molar-refractivity contribution is -0.167. The summed E-state index contributed by atoms with van der Waals surface area (Å²) >= 11 is 0. The molecule has 6 nitrogen and oxygen atoms in total. The van der Waals surface area contributed by atoms with Gasteiger partial charge in [0.05, 0.1) is 0 Å². The predicted octanol–water partition coefficient (Wildman–Crippen LogP) is 19.3. The smallest absolute Gasteiger partial charge is 0.306 e. The second-order valence-electron chi connectivity index (χ2n) is 19.9. The van der Waals surface area contributed by atoms with Crippen molar-refractivity contribution in [1.82, 2.24) is 0 Å². The summed E-state index contributed by atoms with van der Waals surface area (Å²) in [6.07, 6.45) is 62.1. The van der Waals surface area contributed by atoms with Crippen LogP contribution in [0.1, 0.15) is 329 Å². The topological polar surface area (TPSA) is 78.9 Å². The molecule has 0 N–H and O–H groups in total. The number of hydrogen-bond donors (Lipinski definition) is 0. The molecule has 0 aliphatic carbocycles. The molecule has 0 aromatic rings. The highest BCUT2D eigenvalue weighted by atomic mass is 16.6. The Bertz CT molecular complexity index is 1010. The largest absolute Gasteiger partial charge is 0.462 e. The number of carbonyl (C=O) groups is 3. The highest BCUT2D eigenvalue weighted by molar-refractivity contribution is 5.71. The molecule has 384 valence electrons. The van der Waals surface area contributed by atoms with Crippen molar-refractivity contribution in [3.63, 3.8) is 0 Å². The molecule has 0 bridgehead atoms. The standard InChI is InChI=1S/C59H112O6/c1-4-7-10-13-16-19-22-25-26-27-28-29-30-31-32-35-37-40-43-46-49-52-58(61)64-55-56(65-59(62)53-50-47-44-41-38-34-24-21-18-15-12-9-6-3)54-63-57(60)51-48-45-42-39-36-33-23-20-17-14-11-8-5-2/h20,23,56H,4-19,21-22,24-55H2,1-3H3/b23-20-/t56-/m1/s1. The van der Waals surface area contributed by atoms with Gasteiger partial charge in [-0.2, -0.15) is 0 Å². The fourth-order valence-corrected chi connectivity index (χ4v) is 8.85. The van der Waals surface area contributed by atoms with Gasteiger partial charge in [0.15, 0.2) is 6.10 Å². The highest BCUT2D eigenvalue weighted by Gasteiger charge is 2.19. The van der Waals surface area contributed by atoms with E-state index in [9.17, 15) is 14.4 Å². The van der Waals surface area contributed by atoms with Gasteiger partial charge < -0.3 is 14.2 Å². The van der Waals surface area contributed by atoms with Crippen molar-refractivity contribution in [2.75, 3.05) is 13.2 Å². The van der Waals surface area contributed by atoms with E-state index in [1.54, 1.807) is 0 Å². The van der Waals surface area contributed by atoms with E-state index in [0.717, 1.165) is 64.2 Å². The molecule has 6 heteroatoms. The maximum atomic E-state index is 12.8. The van der Waals surface area contributed by atoms with E-state index in [1.807, 2.05) is 0 Å². The van der Waals surface area contributed by atoms with E-state index >= 15 is 0 Å². The van der Waals surface area contributed by atoms with Gasteiger partial charge in [-0.05, 0) is 44.9 Å². The van der Waals surface area contributed by atoms with E-state index < -0.39 is 6.10 Å². The maximum Gasteiger partial charge on any atom is 0.306 e. The molecular formula is C59H112O6. The molecule has 0 amide bonds. The second-order valence-corrected chi connectivity index (χ2v) is 19.9. The normalized spacial score (nSPS) is 12.0. The Morgan fingerprint density at radius 1 is 0.292 bits per heavy atom. The van der Waals surface area contributed by atoms with Gasteiger partial charge in [0.1, 0.15) is 13.2 Å². The third-order valence-electron chi connectivity index (χ3n) is 13.3. The predicted molar refractivity (Wildman–Crippen MR) is 280 cm³/mol. The van der Waals surface area contributed by atoms with E-state index in [-0.39, 0.29) is 31.1 Å². The molecule has 0 unspecified atom stereocenters. The molecule has 0 saturated carbocycles. The van der Waals surface area contributed by atoms with Crippen LogP contribution in [0.2, 0.25) is 0 Å². The van der Waals surface area contributed by atoms with Crippen LogP contribution in [0.5, 0.6) is 0 Å². The molecule has 0 spiro atoms. The minimum absolute atomic E-state index is 0.0666. The van der Waals surface area contributed by atoms with Gasteiger partial charge >= 0.3 is 17.9 Å². The summed E-state index contributed by atoms with van der Waals surface area (Å²) < 4.78 is 16.9. The van der Waals surface area contributed by atoms with E-state index in [0.29, 0.717) is 19.3 Å². The zero-order chi connectivity index (χ0) is 47.2. The highest BCUT2D eigenvalue weighted by Crippen LogP contribution is 2.17. The fraction of sp³-hybridized carbons (Fsp3) is 0.915. The Labute approximate surface area is 405 Å². The van der Waals surface area contributed by atoms with Crippen LogP contribution >= 0.6 is 0 Å². The van der Waals surface area contributed by atoms with Gasteiger partial charge in [0.25, 0.3) is 0 Å². The van der Waals surface area contributed by atoms with Crippen molar-refractivity contribution in [3.05, 3.63) is 12.2 Å². The zero-order valence-corrected chi connectivity index (χ0v) is 44.0. The van der Waals surface area contributed by atoms with Crippen molar-refractivity contribution in [1.29, 1.82) is 0 Å². The molecule has 65 heavy (non-hydrogen) atoms. The van der Waals surface area contributed by atoms with Crippen LogP contribution < -0.4 is 0 Å². The van der Waals surface area contributed by atoms with E-state index in [1.165, 1.54) is 225 Å². The molecule has 0 aliphatic heterocycles. The lowest BCUT2D eigenvalue weighted by Crippen LogP contribution is -2.30. The van der Waals surface area contributed by atoms with Gasteiger partial charge in [-0.15, -0.1) is 0 Å². The molecule has 0 radical (unpaired) electrons. The molecule has 0 rings (SSSR count). The molecule has 0 aromatic carbocycles. The van der Waals surface area contributed by atoms with Gasteiger partial charge in [-0.1, -0.05) is 277 Å². The first kappa shape index (κ1) is 63.1. The zero-order valence-electron chi connectivity index (χ0n) is 44.0. The molecule has 0 aromatic heterocycles. The Kier molecular flexibility index (Phi) is 53.2. The Balaban J connectivity index is 4.24. The monoisotopic (exact) mass is 917 g/mol. The minimum atomic E-state index is -0.767. The summed E-state index contributed by atoms with van der Waals surface area (Å²) in [4.78, 5) is 38.1. The number of unbranched alkanes of at least 4 members (excludes halogenated alkanes) is 41. The molecule has 0 heterocycles. The van der Waals surface area contributed by atoms with Crippen LogP contribution in [0.25, 0.3) is 0 Å². The third-order valence-corrected chi connectivity index (χ3v) is 13.3. The van der Waals surface area contributed by atoms with Crippen LogP contribution in [-0.4, -0.2) is 37.2 Å². The van der Waals surface area contributed by atoms with Crippen molar-refractivity contribution < 1.29 is 28.6 Å². The Hall–Kier alpha value is -1.85. The Morgan fingerprint density at radius 2 is 0.508 bits per heavy atom.